The summed E-state index contributed by atoms with van der Waals surface area (Å²) in [6.45, 7) is 2.09. The number of urea groups is 1. The number of nitrogens with one attached hydrogen (secondary N) is 2. The van der Waals surface area contributed by atoms with Gasteiger partial charge < -0.3 is 20.6 Å². The van der Waals surface area contributed by atoms with Gasteiger partial charge in [-0.2, -0.15) is 0 Å². The van der Waals surface area contributed by atoms with E-state index in [0.29, 0.717) is 5.92 Å². The zero-order chi connectivity index (χ0) is 16.5. The second-order valence-corrected chi connectivity index (χ2v) is 7.43. The van der Waals surface area contributed by atoms with Gasteiger partial charge in [-0.15, -0.1) is 0 Å². The van der Waals surface area contributed by atoms with Gasteiger partial charge in [0, 0.05) is 25.2 Å². The third kappa shape index (κ3) is 6.68. The Hall–Kier alpha value is -0.810. The molecule has 2 fully saturated rings. The van der Waals surface area contributed by atoms with E-state index in [9.17, 15) is 4.79 Å². The van der Waals surface area contributed by atoms with Crippen molar-refractivity contribution in [2.45, 2.75) is 76.3 Å². The molecular formula is C18H35N3O2. The second kappa shape index (κ2) is 10.1. The first-order valence-electron chi connectivity index (χ1n) is 9.54. The molecule has 2 amide bonds. The first-order valence-corrected chi connectivity index (χ1v) is 9.54. The molecule has 5 heteroatoms. The van der Waals surface area contributed by atoms with Crippen molar-refractivity contribution in [2.24, 2.45) is 5.92 Å². The maximum absolute atomic E-state index is 11.9. The Kier molecular flexibility index (Phi) is 8.17. The molecule has 0 bridgehead atoms. The molecule has 2 aliphatic rings. The van der Waals surface area contributed by atoms with Crippen LogP contribution in [0.1, 0.15) is 64.2 Å². The van der Waals surface area contributed by atoms with Crippen molar-refractivity contribution in [3.05, 3.63) is 0 Å². The Bertz CT molecular complexity index is 337. The Balaban J connectivity index is 1.51. The van der Waals surface area contributed by atoms with Gasteiger partial charge in [-0.25, -0.2) is 4.79 Å². The topological polar surface area (TPSA) is 64.6 Å². The number of carbonyl (C=O) groups excluding carboxylic acids is 1. The molecule has 0 spiro atoms. The molecule has 2 aliphatic carbocycles. The summed E-state index contributed by atoms with van der Waals surface area (Å²) in [5.74, 6) is 0.437. The second-order valence-electron chi connectivity index (χ2n) is 7.43. The summed E-state index contributed by atoms with van der Waals surface area (Å²) in [6, 6.07) is 1.000. The van der Waals surface area contributed by atoms with Crippen molar-refractivity contribution in [2.75, 3.05) is 26.7 Å². The van der Waals surface area contributed by atoms with Crippen LogP contribution in [0, 0.1) is 5.92 Å². The van der Waals surface area contributed by atoms with Crippen LogP contribution in [-0.2, 0) is 0 Å². The highest BCUT2D eigenvalue weighted by molar-refractivity contribution is 5.74. The van der Waals surface area contributed by atoms with Crippen LogP contribution in [0.4, 0.5) is 4.79 Å². The van der Waals surface area contributed by atoms with Gasteiger partial charge in [0.2, 0.25) is 0 Å². The van der Waals surface area contributed by atoms with Crippen LogP contribution in [0.15, 0.2) is 0 Å². The van der Waals surface area contributed by atoms with Crippen molar-refractivity contribution in [3.8, 4) is 0 Å². The van der Waals surface area contributed by atoms with Crippen LogP contribution in [0.3, 0.4) is 0 Å². The van der Waals surface area contributed by atoms with Gasteiger partial charge in [0.15, 0.2) is 0 Å². The fourth-order valence-corrected chi connectivity index (χ4v) is 3.96. The molecule has 2 saturated carbocycles. The largest absolute Gasteiger partial charge is 0.396 e. The maximum Gasteiger partial charge on any atom is 0.315 e. The number of carbonyl (C=O) groups is 1. The highest BCUT2D eigenvalue weighted by Crippen LogP contribution is 2.23. The molecule has 0 heterocycles. The van der Waals surface area contributed by atoms with Crippen LogP contribution in [0.5, 0.6) is 0 Å². The fourth-order valence-electron chi connectivity index (χ4n) is 3.96. The number of aliphatic hydroxyl groups excluding tert-OH is 1. The van der Waals surface area contributed by atoms with E-state index in [4.69, 9.17) is 5.11 Å². The zero-order valence-electron chi connectivity index (χ0n) is 14.7. The third-order valence-corrected chi connectivity index (χ3v) is 5.61. The van der Waals surface area contributed by atoms with Crippen LogP contribution in [0.2, 0.25) is 0 Å². The van der Waals surface area contributed by atoms with Crippen LogP contribution in [0.25, 0.3) is 0 Å². The molecule has 0 radical (unpaired) electrons. The van der Waals surface area contributed by atoms with Crippen molar-refractivity contribution in [1.82, 2.24) is 15.5 Å². The smallest absolute Gasteiger partial charge is 0.315 e. The number of rotatable bonds is 7. The molecule has 0 aromatic carbocycles. The minimum absolute atomic E-state index is 0.0298. The predicted octanol–water partition coefficient (Wildman–Crippen LogP) is 2.49. The Morgan fingerprint density at radius 3 is 2.43 bits per heavy atom. The molecule has 0 aromatic heterocycles. The van der Waals surface area contributed by atoms with Gasteiger partial charge in [0.05, 0.1) is 0 Å². The fraction of sp³-hybridized carbons (Fsp3) is 0.944. The SMILES string of the molecule is CN(CCCNC(=O)NC1CCC(CO)CC1)C1CCCCC1. The molecular weight excluding hydrogens is 290 g/mol. The van der Waals surface area contributed by atoms with Gasteiger partial charge in [-0.3, -0.25) is 0 Å². The van der Waals surface area contributed by atoms with E-state index in [-0.39, 0.29) is 18.7 Å². The van der Waals surface area contributed by atoms with E-state index < -0.39 is 0 Å². The van der Waals surface area contributed by atoms with Crippen molar-refractivity contribution >= 4 is 6.03 Å². The number of hydrogen-bond acceptors (Lipinski definition) is 3. The first-order chi connectivity index (χ1) is 11.2. The average molecular weight is 325 g/mol. The minimum atomic E-state index is -0.0298. The molecule has 134 valence electrons. The number of nitrogens with zero attached hydrogens (tertiary/aromatic N) is 1. The molecule has 5 nitrogen and oxygen atoms in total. The van der Waals surface area contributed by atoms with Crippen molar-refractivity contribution in [1.29, 1.82) is 0 Å². The normalized spacial score (nSPS) is 26.2. The molecule has 0 aromatic rings. The monoisotopic (exact) mass is 325 g/mol. The lowest BCUT2D eigenvalue weighted by Crippen LogP contribution is -2.44. The summed E-state index contributed by atoms with van der Waals surface area (Å²) in [5, 5.41) is 15.2. The maximum atomic E-state index is 11.9. The third-order valence-electron chi connectivity index (χ3n) is 5.61. The van der Waals surface area contributed by atoms with Crippen LogP contribution < -0.4 is 10.6 Å². The minimum Gasteiger partial charge on any atom is -0.396 e. The predicted molar refractivity (Wildman–Crippen MR) is 93.5 cm³/mol. The molecule has 0 saturated heterocycles. The Morgan fingerprint density at radius 1 is 1.09 bits per heavy atom. The molecule has 3 N–H and O–H groups in total. The Labute approximate surface area is 141 Å². The Morgan fingerprint density at radius 2 is 1.78 bits per heavy atom. The van der Waals surface area contributed by atoms with E-state index in [2.05, 4.69) is 22.6 Å². The van der Waals surface area contributed by atoms with Gasteiger partial charge in [0.25, 0.3) is 0 Å². The highest BCUT2D eigenvalue weighted by Gasteiger charge is 2.21. The molecule has 0 unspecified atom stereocenters. The van der Waals surface area contributed by atoms with Crippen molar-refractivity contribution < 1.29 is 9.90 Å². The summed E-state index contributed by atoms with van der Waals surface area (Å²) < 4.78 is 0. The standard InChI is InChI=1S/C18H35N3O2/c1-21(17-6-3-2-4-7-17)13-5-12-19-18(23)20-16-10-8-15(14-22)9-11-16/h15-17,22H,2-14H2,1H3,(H2,19,20,23). The number of aliphatic hydroxyl groups is 1. The lowest BCUT2D eigenvalue weighted by atomic mass is 9.87. The lowest BCUT2D eigenvalue weighted by Gasteiger charge is -2.31. The number of hydrogen-bond donors (Lipinski definition) is 3. The summed E-state index contributed by atoms with van der Waals surface area (Å²) in [7, 11) is 2.22. The molecule has 0 atom stereocenters. The van der Waals surface area contributed by atoms with Gasteiger partial charge >= 0.3 is 6.03 Å². The quantitative estimate of drug-likeness (QED) is 0.630. The van der Waals surface area contributed by atoms with Gasteiger partial charge in [0.1, 0.15) is 0 Å². The van der Waals surface area contributed by atoms with E-state index in [1.165, 1.54) is 32.1 Å². The van der Waals surface area contributed by atoms with Gasteiger partial charge in [-0.05, 0) is 64.5 Å². The van der Waals surface area contributed by atoms with Crippen molar-refractivity contribution in [3.63, 3.8) is 0 Å². The summed E-state index contributed by atoms with van der Waals surface area (Å²) >= 11 is 0. The summed E-state index contributed by atoms with van der Waals surface area (Å²) in [4.78, 5) is 14.4. The zero-order valence-corrected chi connectivity index (χ0v) is 14.7. The number of amides is 2. The van der Waals surface area contributed by atoms with Gasteiger partial charge in [-0.1, -0.05) is 19.3 Å². The van der Waals surface area contributed by atoms with E-state index >= 15 is 0 Å². The summed E-state index contributed by atoms with van der Waals surface area (Å²) in [5.41, 5.74) is 0. The van der Waals surface area contributed by atoms with Crippen LogP contribution in [-0.4, -0.2) is 54.9 Å². The van der Waals surface area contributed by atoms with Crippen LogP contribution >= 0.6 is 0 Å². The van der Waals surface area contributed by atoms with E-state index in [1.807, 2.05) is 0 Å². The lowest BCUT2D eigenvalue weighted by molar-refractivity contribution is 0.174. The molecule has 23 heavy (non-hydrogen) atoms. The first kappa shape index (κ1) is 18.5. The van der Waals surface area contributed by atoms with E-state index in [1.54, 1.807) is 0 Å². The molecule has 2 rings (SSSR count). The molecule has 0 aliphatic heterocycles. The highest BCUT2D eigenvalue weighted by atomic mass is 16.3. The average Bonchev–Trinajstić information content (AvgIpc) is 2.60. The summed E-state index contributed by atoms with van der Waals surface area (Å²) in [6.07, 6.45) is 11.8. The van der Waals surface area contributed by atoms with E-state index in [0.717, 1.165) is 51.2 Å².